The number of pyridine rings is 1. The van der Waals surface area contributed by atoms with Crippen LogP contribution in [0.2, 0.25) is 5.15 Å². The maximum Gasteiger partial charge on any atom is 0.311 e. The highest BCUT2D eigenvalue weighted by Gasteiger charge is 2.23. The monoisotopic (exact) mass is 270 g/mol. The first-order chi connectivity index (χ1) is 8.58. The molecule has 0 amide bonds. The van der Waals surface area contributed by atoms with Crippen molar-refractivity contribution < 1.29 is 4.92 Å². The molecule has 98 valence electrons. The van der Waals surface area contributed by atoms with E-state index in [4.69, 9.17) is 11.6 Å². The van der Waals surface area contributed by atoms with Crippen LogP contribution in [0, 0.1) is 10.1 Å². The number of anilines is 1. The summed E-state index contributed by atoms with van der Waals surface area (Å²) in [6, 6.07) is 2.87. The summed E-state index contributed by atoms with van der Waals surface area (Å²) in [5.41, 5.74) is 0.0175. The molecule has 0 N–H and O–H groups in total. The van der Waals surface area contributed by atoms with E-state index in [0.29, 0.717) is 5.82 Å². The van der Waals surface area contributed by atoms with E-state index in [2.05, 4.69) is 9.88 Å². The van der Waals surface area contributed by atoms with Gasteiger partial charge in [0.1, 0.15) is 5.15 Å². The molecule has 0 aliphatic carbocycles. The first-order valence-electron chi connectivity index (χ1n) is 5.82. The van der Waals surface area contributed by atoms with E-state index < -0.39 is 4.92 Å². The molecule has 1 aliphatic heterocycles. The molecule has 1 saturated heterocycles. The smallest absolute Gasteiger partial charge is 0.311 e. The van der Waals surface area contributed by atoms with Crippen LogP contribution in [-0.4, -0.2) is 48.0 Å². The number of halogens is 1. The van der Waals surface area contributed by atoms with Crippen molar-refractivity contribution in [3.63, 3.8) is 0 Å². The zero-order valence-corrected chi connectivity index (χ0v) is 10.9. The second-order valence-corrected chi connectivity index (χ2v) is 4.76. The molecule has 1 aromatic rings. The van der Waals surface area contributed by atoms with Gasteiger partial charge in [0, 0.05) is 25.7 Å². The van der Waals surface area contributed by atoms with Crippen molar-refractivity contribution in [2.75, 3.05) is 38.1 Å². The topological polar surface area (TPSA) is 62.5 Å². The van der Waals surface area contributed by atoms with Gasteiger partial charge in [-0.25, -0.2) is 4.98 Å². The second-order valence-electron chi connectivity index (χ2n) is 4.38. The molecule has 18 heavy (non-hydrogen) atoms. The van der Waals surface area contributed by atoms with Gasteiger partial charge in [-0.3, -0.25) is 10.1 Å². The summed E-state index contributed by atoms with van der Waals surface area (Å²) in [6.07, 6.45) is 0.960. The van der Waals surface area contributed by atoms with Crippen molar-refractivity contribution in [2.24, 2.45) is 0 Å². The van der Waals surface area contributed by atoms with Gasteiger partial charge in [0.25, 0.3) is 0 Å². The Morgan fingerprint density at radius 2 is 2.11 bits per heavy atom. The fourth-order valence-corrected chi connectivity index (χ4v) is 2.19. The van der Waals surface area contributed by atoms with Gasteiger partial charge in [-0.15, -0.1) is 0 Å². The standard InChI is InChI=1S/C11H15ClN4O2/c1-14-5-2-6-15(8-7-14)11-9(16(17)18)3-4-10(12)13-11/h3-4H,2,5-8H2,1H3. The number of nitrogens with zero attached hydrogens (tertiary/aromatic N) is 4. The molecular formula is C11H15ClN4O2. The van der Waals surface area contributed by atoms with Crippen LogP contribution < -0.4 is 4.90 Å². The molecule has 0 atom stereocenters. The van der Waals surface area contributed by atoms with Crippen molar-refractivity contribution in [3.8, 4) is 0 Å². The molecular weight excluding hydrogens is 256 g/mol. The zero-order valence-electron chi connectivity index (χ0n) is 10.2. The summed E-state index contributed by atoms with van der Waals surface area (Å²) in [7, 11) is 2.04. The van der Waals surface area contributed by atoms with E-state index in [1.165, 1.54) is 12.1 Å². The van der Waals surface area contributed by atoms with Crippen LogP contribution in [0.15, 0.2) is 12.1 Å². The Bertz CT molecular complexity index is 455. The Balaban J connectivity index is 2.30. The minimum atomic E-state index is -0.409. The zero-order chi connectivity index (χ0) is 13.1. The Kier molecular flexibility index (Phi) is 3.98. The lowest BCUT2D eigenvalue weighted by molar-refractivity contribution is -0.384. The third-order valence-electron chi connectivity index (χ3n) is 3.04. The average molecular weight is 271 g/mol. The van der Waals surface area contributed by atoms with Gasteiger partial charge in [0.05, 0.1) is 4.92 Å². The summed E-state index contributed by atoms with van der Waals surface area (Å²) in [5, 5.41) is 11.3. The van der Waals surface area contributed by atoms with Gasteiger partial charge < -0.3 is 9.80 Å². The predicted molar refractivity (Wildman–Crippen MR) is 70.2 cm³/mol. The van der Waals surface area contributed by atoms with Crippen molar-refractivity contribution in [2.45, 2.75) is 6.42 Å². The highest BCUT2D eigenvalue weighted by Crippen LogP contribution is 2.28. The average Bonchev–Trinajstić information content (AvgIpc) is 2.53. The molecule has 7 heteroatoms. The minimum Gasteiger partial charge on any atom is -0.350 e. The van der Waals surface area contributed by atoms with Crippen LogP contribution in [0.4, 0.5) is 11.5 Å². The Labute approximate surface area is 110 Å². The number of hydrogen-bond acceptors (Lipinski definition) is 5. The van der Waals surface area contributed by atoms with Crippen LogP contribution in [0.25, 0.3) is 0 Å². The van der Waals surface area contributed by atoms with E-state index in [-0.39, 0.29) is 10.8 Å². The minimum absolute atomic E-state index is 0.0175. The van der Waals surface area contributed by atoms with Crippen LogP contribution in [-0.2, 0) is 0 Å². The Morgan fingerprint density at radius 3 is 2.83 bits per heavy atom. The maximum atomic E-state index is 11.0. The largest absolute Gasteiger partial charge is 0.350 e. The lowest BCUT2D eigenvalue weighted by atomic mass is 10.3. The number of nitro groups is 1. The molecule has 1 aromatic heterocycles. The van der Waals surface area contributed by atoms with E-state index in [0.717, 1.165) is 32.6 Å². The first kappa shape index (κ1) is 13.0. The Hall–Kier alpha value is -1.40. The highest BCUT2D eigenvalue weighted by molar-refractivity contribution is 6.29. The van der Waals surface area contributed by atoms with Gasteiger partial charge in [-0.05, 0) is 26.1 Å². The van der Waals surface area contributed by atoms with Crippen molar-refractivity contribution >= 4 is 23.1 Å². The van der Waals surface area contributed by atoms with Crippen LogP contribution in [0.5, 0.6) is 0 Å². The molecule has 0 saturated carbocycles. The number of likely N-dealkylation sites (N-methyl/N-ethyl adjacent to an activating group) is 1. The second kappa shape index (κ2) is 5.49. The first-order valence-corrected chi connectivity index (χ1v) is 6.20. The van der Waals surface area contributed by atoms with Crippen LogP contribution in [0.3, 0.4) is 0 Å². The lowest BCUT2D eigenvalue weighted by Crippen LogP contribution is -2.30. The van der Waals surface area contributed by atoms with Crippen LogP contribution >= 0.6 is 11.6 Å². The quantitative estimate of drug-likeness (QED) is 0.466. The molecule has 0 aromatic carbocycles. The molecule has 1 fully saturated rings. The van der Waals surface area contributed by atoms with E-state index in [1.807, 2.05) is 11.9 Å². The number of rotatable bonds is 2. The summed E-state index contributed by atoms with van der Waals surface area (Å²) in [5.74, 6) is 0.378. The summed E-state index contributed by atoms with van der Waals surface area (Å²) >= 11 is 5.84. The molecule has 0 spiro atoms. The summed E-state index contributed by atoms with van der Waals surface area (Å²) < 4.78 is 0. The van der Waals surface area contributed by atoms with Gasteiger partial charge in [0.2, 0.25) is 5.82 Å². The number of hydrogen-bond donors (Lipinski definition) is 0. The lowest BCUT2D eigenvalue weighted by Gasteiger charge is -2.21. The third kappa shape index (κ3) is 2.88. The van der Waals surface area contributed by atoms with Crippen LogP contribution in [0.1, 0.15) is 6.42 Å². The van der Waals surface area contributed by atoms with Gasteiger partial charge in [-0.2, -0.15) is 0 Å². The van der Waals surface area contributed by atoms with Crippen molar-refractivity contribution in [1.29, 1.82) is 0 Å². The van der Waals surface area contributed by atoms with Gasteiger partial charge in [0.15, 0.2) is 0 Å². The van der Waals surface area contributed by atoms with Gasteiger partial charge >= 0.3 is 5.69 Å². The fraction of sp³-hybridized carbons (Fsp3) is 0.545. The maximum absolute atomic E-state index is 11.0. The molecule has 1 aliphatic rings. The fourth-order valence-electron chi connectivity index (χ4n) is 2.05. The summed E-state index contributed by atoms with van der Waals surface area (Å²) in [6.45, 7) is 3.35. The molecule has 2 heterocycles. The Morgan fingerprint density at radius 1 is 1.33 bits per heavy atom. The van der Waals surface area contributed by atoms with E-state index in [9.17, 15) is 10.1 Å². The summed E-state index contributed by atoms with van der Waals surface area (Å²) in [4.78, 5) is 18.9. The number of aromatic nitrogens is 1. The molecule has 6 nitrogen and oxygen atoms in total. The molecule has 2 rings (SSSR count). The molecule has 0 unspecified atom stereocenters. The third-order valence-corrected chi connectivity index (χ3v) is 3.25. The molecule has 0 bridgehead atoms. The normalized spacial score (nSPS) is 17.6. The highest BCUT2D eigenvalue weighted by atomic mass is 35.5. The predicted octanol–water partition coefficient (Wildman–Crippen LogP) is 1.79. The van der Waals surface area contributed by atoms with E-state index >= 15 is 0 Å². The van der Waals surface area contributed by atoms with Crippen molar-refractivity contribution in [3.05, 3.63) is 27.4 Å². The molecule has 0 radical (unpaired) electrons. The SMILES string of the molecule is CN1CCCN(c2nc(Cl)ccc2[N+](=O)[O-])CC1. The van der Waals surface area contributed by atoms with Crippen molar-refractivity contribution in [1.82, 2.24) is 9.88 Å². The van der Waals surface area contributed by atoms with E-state index in [1.54, 1.807) is 0 Å². The van der Waals surface area contributed by atoms with Gasteiger partial charge in [-0.1, -0.05) is 11.6 Å².